The summed E-state index contributed by atoms with van der Waals surface area (Å²) in [6, 6.07) is 13.8. The average molecular weight is 407 g/mol. The van der Waals surface area contributed by atoms with E-state index in [1.54, 1.807) is 6.26 Å². The first-order valence-corrected chi connectivity index (χ1v) is 10.3. The minimum atomic E-state index is 0.0653. The van der Waals surface area contributed by atoms with E-state index in [-0.39, 0.29) is 11.5 Å². The molecule has 0 bridgehead atoms. The molecule has 0 radical (unpaired) electrons. The van der Waals surface area contributed by atoms with E-state index >= 15 is 0 Å². The molecule has 0 aliphatic heterocycles. The highest BCUT2D eigenvalue weighted by atomic mass is 32.2. The van der Waals surface area contributed by atoms with E-state index in [0.717, 1.165) is 28.3 Å². The Morgan fingerprint density at radius 3 is 2.69 bits per heavy atom. The predicted octanol–water partition coefficient (Wildman–Crippen LogP) is 4.81. The van der Waals surface area contributed by atoms with Crippen LogP contribution in [-0.4, -0.2) is 31.3 Å². The molecule has 0 amide bonds. The maximum atomic E-state index is 12.8. The molecule has 6 nitrogen and oxygen atoms in total. The second-order valence-electron chi connectivity index (χ2n) is 6.99. The van der Waals surface area contributed by atoms with Crippen molar-refractivity contribution in [3.05, 3.63) is 77.0 Å². The summed E-state index contributed by atoms with van der Waals surface area (Å²) in [6.45, 7) is 6.63. The van der Waals surface area contributed by atoms with Gasteiger partial charge in [-0.25, -0.2) is 4.98 Å². The average Bonchev–Trinajstić information content (AvgIpc) is 3.45. The summed E-state index contributed by atoms with van der Waals surface area (Å²) in [4.78, 5) is 17.3. The SMILES string of the molecule is Cc1ccc(-c2nc(SCC(=O)c3cc(C)n(Cc4ccco4)c3C)n[nH]2)cc1. The molecule has 3 heterocycles. The van der Waals surface area contributed by atoms with Crippen molar-refractivity contribution in [2.45, 2.75) is 32.5 Å². The number of hydrogen-bond donors (Lipinski definition) is 1. The second kappa shape index (κ2) is 8.13. The topological polar surface area (TPSA) is 76.7 Å². The number of carbonyl (C=O) groups is 1. The number of aryl methyl sites for hydroxylation is 2. The Hall–Kier alpha value is -3.06. The van der Waals surface area contributed by atoms with E-state index in [1.165, 1.54) is 17.3 Å². The van der Waals surface area contributed by atoms with Crippen LogP contribution in [0.3, 0.4) is 0 Å². The van der Waals surface area contributed by atoms with Crippen LogP contribution in [0.15, 0.2) is 58.3 Å². The van der Waals surface area contributed by atoms with Crippen molar-refractivity contribution in [1.82, 2.24) is 19.7 Å². The number of nitrogens with one attached hydrogen (secondary N) is 1. The summed E-state index contributed by atoms with van der Waals surface area (Å²) < 4.78 is 7.53. The van der Waals surface area contributed by atoms with Gasteiger partial charge < -0.3 is 8.98 Å². The lowest BCUT2D eigenvalue weighted by atomic mass is 10.1. The minimum Gasteiger partial charge on any atom is -0.467 e. The molecule has 29 heavy (non-hydrogen) atoms. The molecule has 148 valence electrons. The number of ketones is 1. The summed E-state index contributed by atoms with van der Waals surface area (Å²) in [6.07, 6.45) is 1.66. The highest BCUT2D eigenvalue weighted by Crippen LogP contribution is 2.23. The van der Waals surface area contributed by atoms with E-state index in [1.807, 2.05) is 63.2 Å². The number of aromatic nitrogens is 4. The number of furan rings is 1. The third-order valence-corrected chi connectivity index (χ3v) is 5.74. The van der Waals surface area contributed by atoms with E-state index < -0.39 is 0 Å². The Labute approximate surface area is 173 Å². The highest BCUT2D eigenvalue weighted by molar-refractivity contribution is 7.99. The fraction of sp³-hybridized carbons (Fsp3) is 0.227. The maximum absolute atomic E-state index is 12.8. The van der Waals surface area contributed by atoms with Gasteiger partial charge in [-0.3, -0.25) is 9.89 Å². The Morgan fingerprint density at radius 1 is 1.17 bits per heavy atom. The Morgan fingerprint density at radius 2 is 1.97 bits per heavy atom. The molecule has 0 fully saturated rings. The zero-order chi connectivity index (χ0) is 20.4. The van der Waals surface area contributed by atoms with Gasteiger partial charge >= 0.3 is 0 Å². The van der Waals surface area contributed by atoms with E-state index in [0.29, 0.717) is 17.5 Å². The van der Waals surface area contributed by atoms with Gasteiger partial charge in [-0.15, -0.1) is 5.10 Å². The maximum Gasteiger partial charge on any atom is 0.209 e. The van der Waals surface area contributed by atoms with Crippen LogP contribution in [0.4, 0.5) is 0 Å². The van der Waals surface area contributed by atoms with E-state index in [2.05, 4.69) is 19.7 Å². The molecule has 1 N–H and O–H groups in total. The van der Waals surface area contributed by atoms with Crippen LogP contribution in [0.2, 0.25) is 0 Å². The smallest absolute Gasteiger partial charge is 0.209 e. The molecule has 4 aromatic rings. The largest absolute Gasteiger partial charge is 0.467 e. The normalized spacial score (nSPS) is 11.1. The minimum absolute atomic E-state index is 0.0653. The number of benzene rings is 1. The van der Waals surface area contributed by atoms with Gasteiger partial charge in [0.1, 0.15) is 5.76 Å². The summed E-state index contributed by atoms with van der Waals surface area (Å²) >= 11 is 1.34. The van der Waals surface area contributed by atoms with Crippen molar-refractivity contribution in [1.29, 1.82) is 0 Å². The molecule has 1 aromatic carbocycles. The molecule has 7 heteroatoms. The molecule has 0 aliphatic carbocycles. The lowest BCUT2D eigenvalue weighted by Crippen LogP contribution is -2.07. The molecule has 3 aromatic heterocycles. The van der Waals surface area contributed by atoms with Gasteiger partial charge in [-0.05, 0) is 39.0 Å². The van der Waals surface area contributed by atoms with Gasteiger partial charge in [0.25, 0.3) is 0 Å². The third kappa shape index (κ3) is 4.19. The van der Waals surface area contributed by atoms with Crippen molar-refractivity contribution in [3.63, 3.8) is 0 Å². The van der Waals surface area contributed by atoms with Gasteiger partial charge in [-0.2, -0.15) is 0 Å². The summed E-state index contributed by atoms with van der Waals surface area (Å²) in [5, 5.41) is 7.75. The van der Waals surface area contributed by atoms with Crippen LogP contribution in [0.5, 0.6) is 0 Å². The Kier molecular flexibility index (Phi) is 5.40. The summed E-state index contributed by atoms with van der Waals surface area (Å²) in [7, 11) is 0. The van der Waals surface area contributed by atoms with Gasteiger partial charge in [-0.1, -0.05) is 41.6 Å². The molecule has 0 spiro atoms. The molecule has 0 aliphatic rings. The Bertz CT molecular complexity index is 1120. The second-order valence-corrected chi connectivity index (χ2v) is 7.94. The number of hydrogen-bond acceptors (Lipinski definition) is 5. The number of nitrogens with zero attached hydrogens (tertiary/aromatic N) is 3. The number of carbonyl (C=O) groups excluding carboxylic acids is 1. The molecular formula is C22H22N4O2S. The van der Waals surface area contributed by atoms with Crippen molar-refractivity contribution in [3.8, 4) is 11.4 Å². The van der Waals surface area contributed by atoms with Gasteiger partial charge in [0.2, 0.25) is 5.16 Å². The molecule has 0 saturated heterocycles. The highest BCUT2D eigenvalue weighted by Gasteiger charge is 2.17. The quantitative estimate of drug-likeness (QED) is 0.352. The molecule has 0 atom stereocenters. The number of thioether (sulfide) groups is 1. The van der Waals surface area contributed by atoms with E-state index in [4.69, 9.17) is 4.42 Å². The lowest BCUT2D eigenvalue weighted by molar-refractivity contribution is 0.102. The molecule has 0 unspecified atom stereocenters. The molecule has 0 saturated carbocycles. The van der Waals surface area contributed by atoms with Crippen LogP contribution in [0, 0.1) is 20.8 Å². The van der Waals surface area contributed by atoms with Crippen molar-refractivity contribution < 1.29 is 9.21 Å². The van der Waals surface area contributed by atoms with E-state index in [9.17, 15) is 4.79 Å². The molecular weight excluding hydrogens is 384 g/mol. The Balaban J connectivity index is 1.43. The molecule has 4 rings (SSSR count). The first-order chi connectivity index (χ1) is 14.0. The predicted molar refractivity (Wildman–Crippen MR) is 113 cm³/mol. The number of rotatable bonds is 7. The number of H-pyrrole nitrogens is 1. The zero-order valence-electron chi connectivity index (χ0n) is 16.6. The number of Topliss-reactive ketones (excluding diaryl/α,β-unsaturated/α-hetero) is 1. The third-order valence-electron chi connectivity index (χ3n) is 4.89. The lowest BCUT2D eigenvalue weighted by Gasteiger charge is -2.07. The van der Waals surface area contributed by atoms with Gasteiger partial charge in [0.15, 0.2) is 11.6 Å². The van der Waals surface area contributed by atoms with Crippen molar-refractivity contribution in [2.75, 3.05) is 5.75 Å². The number of aromatic amines is 1. The standard InChI is InChI=1S/C22H22N4O2S/c1-14-6-8-17(9-7-14)21-23-22(25-24-21)29-13-20(27)19-11-15(2)26(16(19)3)12-18-5-4-10-28-18/h4-11H,12-13H2,1-3H3,(H,23,24,25). The fourth-order valence-electron chi connectivity index (χ4n) is 3.24. The van der Waals surface area contributed by atoms with Crippen LogP contribution in [0.1, 0.15) is 33.1 Å². The monoisotopic (exact) mass is 406 g/mol. The van der Waals surface area contributed by atoms with Crippen LogP contribution in [0.25, 0.3) is 11.4 Å². The van der Waals surface area contributed by atoms with Crippen LogP contribution in [-0.2, 0) is 6.54 Å². The fourth-order valence-corrected chi connectivity index (χ4v) is 3.93. The van der Waals surface area contributed by atoms with Crippen molar-refractivity contribution >= 4 is 17.5 Å². The van der Waals surface area contributed by atoms with Crippen LogP contribution < -0.4 is 0 Å². The first kappa shape index (κ1) is 19.3. The van der Waals surface area contributed by atoms with Gasteiger partial charge in [0.05, 0.1) is 18.6 Å². The van der Waals surface area contributed by atoms with Gasteiger partial charge in [0, 0.05) is 22.5 Å². The van der Waals surface area contributed by atoms with Crippen LogP contribution >= 0.6 is 11.8 Å². The first-order valence-electron chi connectivity index (χ1n) is 9.36. The zero-order valence-corrected chi connectivity index (χ0v) is 17.4. The summed E-state index contributed by atoms with van der Waals surface area (Å²) in [5.74, 6) is 1.92. The van der Waals surface area contributed by atoms with Crippen molar-refractivity contribution in [2.24, 2.45) is 0 Å². The summed E-state index contributed by atoms with van der Waals surface area (Å²) in [5.41, 5.74) is 4.88.